The number of allylic oxidation sites excluding steroid dienone is 1. The zero-order valence-electron chi connectivity index (χ0n) is 12.7. The lowest BCUT2D eigenvalue weighted by Crippen LogP contribution is -1.91. The minimum absolute atomic E-state index is 0.0580. The van der Waals surface area contributed by atoms with Crippen molar-refractivity contribution < 1.29 is 9.50 Å². The first-order chi connectivity index (χ1) is 11.7. The van der Waals surface area contributed by atoms with Crippen molar-refractivity contribution in [1.82, 2.24) is 9.97 Å². The molecule has 0 radical (unpaired) electrons. The van der Waals surface area contributed by atoms with Gasteiger partial charge < -0.3 is 10.1 Å². The highest BCUT2D eigenvalue weighted by atomic mass is 19.1. The second-order valence-electron chi connectivity index (χ2n) is 5.60. The summed E-state index contributed by atoms with van der Waals surface area (Å²) in [5, 5.41) is 10.1. The van der Waals surface area contributed by atoms with Crippen molar-refractivity contribution in [3.63, 3.8) is 0 Å². The van der Waals surface area contributed by atoms with E-state index in [4.69, 9.17) is 0 Å². The van der Waals surface area contributed by atoms with E-state index in [1.807, 2.05) is 30.3 Å². The third kappa shape index (κ3) is 2.72. The molecule has 0 saturated carbocycles. The molecule has 0 fully saturated rings. The molecule has 0 saturated heterocycles. The van der Waals surface area contributed by atoms with Gasteiger partial charge >= 0.3 is 0 Å². The first kappa shape index (κ1) is 14.4. The van der Waals surface area contributed by atoms with Crippen molar-refractivity contribution in [2.24, 2.45) is 4.99 Å². The van der Waals surface area contributed by atoms with Gasteiger partial charge in [0.25, 0.3) is 0 Å². The number of aromatic nitrogens is 2. The summed E-state index contributed by atoms with van der Waals surface area (Å²) in [5.41, 5.74) is 4.29. The van der Waals surface area contributed by atoms with E-state index in [-0.39, 0.29) is 11.7 Å². The Hall–Kier alpha value is -3.21. The van der Waals surface area contributed by atoms with Crippen LogP contribution in [0.15, 0.2) is 53.5 Å². The summed E-state index contributed by atoms with van der Waals surface area (Å²) >= 11 is 0. The summed E-state index contributed by atoms with van der Waals surface area (Å²) in [5.74, 6) is 0.289. The van der Waals surface area contributed by atoms with Gasteiger partial charge in [0, 0.05) is 23.8 Å². The Morgan fingerprint density at radius 3 is 2.71 bits per heavy atom. The highest BCUT2D eigenvalue weighted by molar-refractivity contribution is 6.21. The van der Waals surface area contributed by atoms with Gasteiger partial charge in [0.15, 0.2) is 0 Å². The molecular formula is C19H14FN3O. The van der Waals surface area contributed by atoms with Gasteiger partial charge in [-0.25, -0.2) is 4.39 Å². The molecule has 2 aromatic carbocycles. The number of hydrogen-bond acceptors (Lipinski definition) is 3. The Kier molecular flexibility index (Phi) is 3.46. The van der Waals surface area contributed by atoms with Crippen LogP contribution in [0.25, 0.3) is 11.6 Å². The largest absolute Gasteiger partial charge is 0.492 e. The number of benzene rings is 2. The highest BCUT2D eigenvalue weighted by Crippen LogP contribution is 2.33. The minimum atomic E-state index is -0.273. The van der Waals surface area contributed by atoms with E-state index in [9.17, 15) is 9.50 Å². The minimum Gasteiger partial charge on any atom is -0.492 e. The smallest absolute Gasteiger partial charge is 0.237 e. The van der Waals surface area contributed by atoms with Crippen molar-refractivity contribution in [3.8, 4) is 5.88 Å². The Balaban J connectivity index is 1.62. The van der Waals surface area contributed by atoms with Crippen LogP contribution >= 0.6 is 0 Å². The third-order valence-corrected chi connectivity index (χ3v) is 3.90. The third-order valence-electron chi connectivity index (χ3n) is 3.90. The quantitative estimate of drug-likeness (QED) is 0.763. The summed E-state index contributed by atoms with van der Waals surface area (Å²) in [6, 6.07) is 14.0. The van der Waals surface area contributed by atoms with Crippen LogP contribution in [0.1, 0.15) is 22.6 Å². The van der Waals surface area contributed by atoms with E-state index in [2.05, 4.69) is 15.0 Å². The number of para-hydroxylation sites is 1. The van der Waals surface area contributed by atoms with E-state index in [0.29, 0.717) is 17.9 Å². The van der Waals surface area contributed by atoms with Gasteiger partial charge in [-0.05, 0) is 29.8 Å². The van der Waals surface area contributed by atoms with Crippen LogP contribution in [0.2, 0.25) is 0 Å². The molecule has 4 nitrogen and oxygen atoms in total. The van der Waals surface area contributed by atoms with Crippen LogP contribution in [0.5, 0.6) is 5.88 Å². The molecule has 24 heavy (non-hydrogen) atoms. The van der Waals surface area contributed by atoms with Crippen LogP contribution in [0.3, 0.4) is 0 Å². The topological polar surface area (TPSA) is 61.3 Å². The number of nitrogens with zero attached hydrogens (tertiary/aromatic N) is 2. The summed E-state index contributed by atoms with van der Waals surface area (Å²) < 4.78 is 13.0. The number of hydrogen-bond donors (Lipinski definition) is 2. The average Bonchev–Trinajstić information content (AvgIpc) is 3.14. The molecule has 4 rings (SSSR count). The summed E-state index contributed by atoms with van der Waals surface area (Å²) in [6.07, 6.45) is 4.08. The van der Waals surface area contributed by atoms with Gasteiger partial charge in [-0.2, -0.15) is 4.98 Å². The SMILES string of the molecule is Oc1nc(Cc2ccc(F)cc2)[nH]c1/C=C1\C=Nc2ccccc21. The molecule has 1 aliphatic rings. The first-order valence-corrected chi connectivity index (χ1v) is 7.56. The van der Waals surface area contributed by atoms with Gasteiger partial charge in [0.05, 0.1) is 5.69 Å². The number of nitrogens with one attached hydrogen (secondary N) is 1. The summed E-state index contributed by atoms with van der Waals surface area (Å²) in [6.45, 7) is 0. The molecule has 1 aromatic heterocycles. The second kappa shape index (κ2) is 5.77. The lowest BCUT2D eigenvalue weighted by Gasteiger charge is -1.98. The molecule has 0 bridgehead atoms. The second-order valence-corrected chi connectivity index (χ2v) is 5.60. The van der Waals surface area contributed by atoms with Crippen LogP contribution in [0, 0.1) is 5.82 Å². The van der Waals surface area contributed by atoms with E-state index < -0.39 is 0 Å². The van der Waals surface area contributed by atoms with Gasteiger partial charge in [0.1, 0.15) is 17.3 Å². The predicted octanol–water partition coefficient (Wildman–Crippen LogP) is 4.10. The Morgan fingerprint density at radius 2 is 1.88 bits per heavy atom. The molecule has 0 unspecified atom stereocenters. The number of aromatic hydroxyl groups is 1. The van der Waals surface area contributed by atoms with E-state index >= 15 is 0 Å². The number of rotatable bonds is 3. The van der Waals surface area contributed by atoms with E-state index in [0.717, 1.165) is 22.4 Å². The Morgan fingerprint density at radius 1 is 1.08 bits per heavy atom. The van der Waals surface area contributed by atoms with Crippen molar-refractivity contribution in [1.29, 1.82) is 0 Å². The first-order valence-electron chi connectivity index (χ1n) is 7.56. The lowest BCUT2D eigenvalue weighted by molar-refractivity contribution is 0.454. The Bertz CT molecular complexity index is 955. The normalized spacial score (nSPS) is 14.3. The molecule has 1 aliphatic heterocycles. The molecule has 0 aliphatic carbocycles. The molecule has 0 amide bonds. The predicted molar refractivity (Wildman–Crippen MR) is 91.9 cm³/mol. The molecule has 0 spiro atoms. The van der Waals surface area contributed by atoms with E-state index in [1.54, 1.807) is 18.3 Å². The van der Waals surface area contributed by atoms with Crippen LogP contribution in [-0.4, -0.2) is 21.3 Å². The molecular weight excluding hydrogens is 305 g/mol. The zero-order valence-corrected chi connectivity index (χ0v) is 12.7. The van der Waals surface area contributed by atoms with Gasteiger partial charge in [-0.1, -0.05) is 30.3 Å². The highest BCUT2D eigenvalue weighted by Gasteiger charge is 2.14. The van der Waals surface area contributed by atoms with Crippen molar-refractivity contribution in [2.75, 3.05) is 0 Å². The summed E-state index contributed by atoms with van der Waals surface area (Å²) in [7, 11) is 0. The van der Waals surface area contributed by atoms with Crippen LogP contribution in [0.4, 0.5) is 10.1 Å². The van der Waals surface area contributed by atoms with Crippen LogP contribution in [-0.2, 0) is 6.42 Å². The maximum Gasteiger partial charge on any atom is 0.237 e. The monoisotopic (exact) mass is 319 g/mol. The zero-order chi connectivity index (χ0) is 16.5. The van der Waals surface area contributed by atoms with Crippen LogP contribution < -0.4 is 0 Å². The maximum atomic E-state index is 13.0. The van der Waals surface area contributed by atoms with Gasteiger partial charge in [-0.3, -0.25) is 4.99 Å². The van der Waals surface area contributed by atoms with Crippen molar-refractivity contribution in [2.45, 2.75) is 6.42 Å². The van der Waals surface area contributed by atoms with E-state index in [1.165, 1.54) is 12.1 Å². The molecule has 2 N–H and O–H groups in total. The maximum absolute atomic E-state index is 13.0. The average molecular weight is 319 g/mol. The fourth-order valence-corrected chi connectivity index (χ4v) is 2.72. The number of halogens is 1. The van der Waals surface area contributed by atoms with Crippen molar-refractivity contribution in [3.05, 3.63) is 77.0 Å². The number of aliphatic imine (C=N–C) groups is 1. The number of H-pyrrole nitrogens is 1. The number of fused-ring (bicyclic) bond motifs is 1. The Labute approximate surface area is 138 Å². The molecule has 3 aromatic rings. The standard InChI is InChI=1S/C19H14FN3O/c20-14-7-5-12(6-8-14)9-18-22-17(19(24)23-18)10-13-11-21-16-4-2-1-3-15(13)16/h1-8,10-11,24H,9H2,(H,22,23)/b13-10+. The number of aromatic amines is 1. The van der Waals surface area contributed by atoms with Gasteiger partial charge in [0.2, 0.25) is 5.88 Å². The van der Waals surface area contributed by atoms with Crippen molar-refractivity contribution >= 4 is 23.6 Å². The molecule has 2 heterocycles. The molecule has 118 valence electrons. The fourth-order valence-electron chi connectivity index (χ4n) is 2.72. The molecule has 5 heteroatoms. The fraction of sp³-hybridized carbons (Fsp3) is 0.0526. The lowest BCUT2D eigenvalue weighted by atomic mass is 10.1. The molecule has 0 atom stereocenters. The number of imidazole rings is 1. The van der Waals surface area contributed by atoms with Gasteiger partial charge in [-0.15, -0.1) is 0 Å². The summed E-state index contributed by atoms with van der Waals surface area (Å²) in [4.78, 5) is 11.6.